The number of carbonyl (C=O) groups is 2. The van der Waals surface area contributed by atoms with Crippen LogP contribution in [0.15, 0.2) is 16.9 Å². The van der Waals surface area contributed by atoms with Crippen molar-refractivity contribution in [1.29, 1.82) is 0 Å². The lowest BCUT2D eigenvalue weighted by molar-refractivity contribution is 0.0911. The second-order valence-corrected chi connectivity index (χ2v) is 6.72. The monoisotopic (exact) mass is 321 g/mol. The van der Waals surface area contributed by atoms with Gasteiger partial charge in [-0.05, 0) is 39.7 Å². The van der Waals surface area contributed by atoms with E-state index in [0.29, 0.717) is 25.9 Å². The normalized spacial score (nSPS) is 16.0. The zero-order valence-corrected chi connectivity index (χ0v) is 13.7. The van der Waals surface area contributed by atoms with E-state index < -0.39 is 0 Å². The van der Waals surface area contributed by atoms with E-state index >= 15 is 0 Å². The molecular weight excluding hydrogens is 298 g/mol. The summed E-state index contributed by atoms with van der Waals surface area (Å²) in [6.45, 7) is 7.00. The maximum absolute atomic E-state index is 12.1. The number of nitrogens with one attached hydrogen (secondary N) is 3. The van der Waals surface area contributed by atoms with E-state index in [-0.39, 0.29) is 34.8 Å². The number of H-pyrrole nitrogens is 1. The van der Waals surface area contributed by atoms with Crippen molar-refractivity contribution in [2.45, 2.75) is 45.2 Å². The Labute approximate surface area is 134 Å². The summed E-state index contributed by atoms with van der Waals surface area (Å²) in [5.41, 5.74) is -0.435. The molecule has 1 fully saturated rings. The molecule has 1 aromatic heterocycles. The van der Waals surface area contributed by atoms with E-state index in [4.69, 9.17) is 0 Å². The number of rotatable bonds is 2. The standard InChI is InChI=1S/C15H23N5O3/c1-15(2,3)17-14(23)20-8-6-10(7-9-20)16-13(22)11-4-5-12(21)19-18-11/h4-5,10H,6-9H2,1-3H3,(H,16,22)(H,17,23)(H,19,21). The molecule has 1 saturated heterocycles. The maximum atomic E-state index is 12.1. The van der Waals surface area contributed by atoms with Crippen molar-refractivity contribution in [2.24, 2.45) is 0 Å². The summed E-state index contributed by atoms with van der Waals surface area (Å²) < 4.78 is 0. The van der Waals surface area contributed by atoms with E-state index in [1.165, 1.54) is 12.1 Å². The predicted octanol–water partition coefficient (Wildman–Crippen LogP) is 0.472. The summed E-state index contributed by atoms with van der Waals surface area (Å²) in [5.74, 6) is -0.321. The first-order chi connectivity index (χ1) is 10.7. The molecule has 8 nitrogen and oxygen atoms in total. The summed E-state index contributed by atoms with van der Waals surface area (Å²) in [7, 11) is 0. The highest BCUT2D eigenvalue weighted by Gasteiger charge is 2.26. The van der Waals surface area contributed by atoms with Gasteiger partial charge in [-0.2, -0.15) is 5.10 Å². The molecule has 1 aliphatic rings. The Morgan fingerprint density at radius 1 is 1.26 bits per heavy atom. The minimum Gasteiger partial charge on any atom is -0.348 e. The van der Waals surface area contributed by atoms with Crippen LogP contribution in [0.2, 0.25) is 0 Å². The molecule has 2 heterocycles. The number of hydrogen-bond acceptors (Lipinski definition) is 4. The van der Waals surface area contributed by atoms with Gasteiger partial charge < -0.3 is 15.5 Å². The minimum absolute atomic E-state index is 0.00471. The lowest BCUT2D eigenvalue weighted by Gasteiger charge is -2.34. The van der Waals surface area contributed by atoms with Crippen molar-refractivity contribution >= 4 is 11.9 Å². The number of aromatic amines is 1. The quantitative estimate of drug-likeness (QED) is 0.736. The van der Waals surface area contributed by atoms with E-state index in [9.17, 15) is 14.4 Å². The van der Waals surface area contributed by atoms with Gasteiger partial charge in [-0.15, -0.1) is 0 Å². The highest BCUT2D eigenvalue weighted by atomic mass is 16.2. The summed E-state index contributed by atoms with van der Waals surface area (Å²) in [6, 6.07) is 2.57. The van der Waals surface area contributed by atoms with Crippen LogP contribution in [0.1, 0.15) is 44.1 Å². The first-order valence-corrected chi connectivity index (χ1v) is 7.68. The van der Waals surface area contributed by atoms with Crippen molar-refractivity contribution in [3.05, 3.63) is 28.2 Å². The minimum atomic E-state index is -0.347. The van der Waals surface area contributed by atoms with E-state index in [1.54, 1.807) is 4.90 Å². The molecule has 0 atom stereocenters. The van der Waals surface area contributed by atoms with Gasteiger partial charge in [0.05, 0.1) is 0 Å². The van der Waals surface area contributed by atoms with Crippen LogP contribution in [0.25, 0.3) is 0 Å². The van der Waals surface area contributed by atoms with E-state index in [2.05, 4.69) is 20.8 Å². The third kappa shape index (κ3) is 5.08. The molecule has 126 valence electrons. The van der Waals surface area contributed by atoms with Crippen LogP contribution in [0.4, 0.5) is 4.79 Å². The number of likely N-dealkylation sites (tertiary alicyclic amines) is 1. The van der Waals surface area contributed by atoms with Crippen LogP contribution in [-0.4, -0.2) is 51.7 Å². The van der Waals surface area contributed by atoms with Gasteiger partial charge in [0.25, 0.3) is 11.5 Å². The summed E-state index contributed by atoms with van der Waals surface area (Å²) in [6.07, 6.45) is 1.37. The van der Waals surface area contributed by atoms with Crippen molar-refractivity contribution in [2.75, 3.05) is 13.1 Å². The molecule has 0 aliphatic carbocycles. The Bertz CT molecular complexity index is 606. The second-order valence-electron chi connectivity index (χ2n) is 6.72. The van der Waals surface area contributed by atoms with E-state index in [0.717, 1.165) is 0 Å². The van der Waals surface area contributed by atoms with Crippen molar-refractivity contribution in [3.63, 3.8) is 0 Å². The van der Waals surface area contributed by atoms with Crippen molar-refractivity contribution in [3.8, 4) is 0 Å². The average molecular weight is 321 g/mol. The maximum Gasteiger partial charge on any atom is 0.317 e. The number of carbonyl (C=O) groups excluding carboxylic acids is 2. The molecule has 0 radical (unpaired) electrons. The SMILES string of the molecule is CC(C)(C)NC(=O)N1CCC(NC(=O)c2ccc(=O)[nH]n2)CC1. The molecule has 0 saturated carbocycles. The van der Waals surface area contributed by atoms with Crippen molar-refractivity contribution < 1.29 is 9.59 Å². The smallest absolute Gasteiger partial charge is 0.317 e. The Hall–Kier alpha value is -2.38. The summed E-state index contributed by atoms with van der Waals surface area (Å²) in [5, 5.41) is 11.7. The Morgan fingerprint density at radius 2 is 1.91 bits per heavy atom. The number of amides is 3. The van der Waals surface area contributed by atoms with Gasteiger partial charge in [0.1, 0.15) is 5.69 Å². The predicted molar refractivity (Wildman–Crippen MR) is 85.2 cm³/mol. The van der Waals surface area contributed by atoms with Crippen molar-refractivity contribution in [1.82, 2.24) is 25.7 Å². The van der Waals surface area contributed by atoms with E-state index in [1.807, 2.05) is 20.8 Å². The number of nitrogens with zero attached hydrogens (tertiary/aromatic N) is 2. The van der Waals surface area contributed by atoms with Gasteiger partial charge in [-0.1, -0.05) is 0 Å². The first kappa shape index (κ1) is 17.0. The molecule has 1 aromatic rings. The van der Waals surface area contributed by atoms with Gasteiger partial charge in [-0.3, -0.25) is 9.59 Å². The lowest BCUT2D eigenvalue weighted by Crippen LogP contribution is -2.53. The highest BCUT2D eigenvalue weighted by Crippen LogP contribution is 2.12. The molecule has 1 aliphatic heterocycles. The first-order valence-electron chi connectivity index (χ1n) is 7.68. The largest absolute Gasteiger partial charge is 0.348 e. The Kier molecular flexibility index (Phi) is 5.02. The second kappa shape index (κ2) is 6.80. The summed E-state index contributed by atoms with van der Waals surface area (Å²) >= 11 is 0. The van der Waals surface area contributed by atoms with Crippen LogP contribution >= 0.6 is 0 Å². The fourth-order valence-corrected chi connectivity index (χ4v) is 2.36. The van der Waals surface area contributed by atoms with Gasteiger partial charge in [0.15, 0.2) is 0 Å². The molecule has 2 rings (SSSR count). The number of hydrogen-bond donors (Lipinski definition) is 3. The molecule has 0 bridgehead atoms. The van der Waals surface area contributed by atoms with Gasteiger partial charge >= 0.3 is 6.03 Å². The fourth-order valence-electron chi connectivity index (χ4n) is 2.36. The average Bonchev–Trinajstić information content (AvgIpc) is 2.46. The van der Waals surface area contributed by atoms with Crippen LogP contribution in [0.5, 0.6) is 0 Å². The number of aromatic nitrogens is 2. The van der Waals surface area contributed by atoms with Crippen LogP contribution in [0.3, 0.4) is 0 Å². The Morgan fingerprint density at radius 3 is 2.43 bits per heavy atom. The molecule has 0 spiro atoms. The lowest BCUT2D eigenvalue weighted by atomic mass is 10.0. The van der Waals surface area contributed by atoms with Crippen LogP contribution in [-0.2, 0) is 0 Å². The van der Waals surface area contributed by atoms with Gasteiger partial charge in [-0.25, -0.2) is 9.89 Å². The third-order valence-corrected chi connectivity index (χ3v) is 3.51. The van der Waals surface area contributed by atoms with Crippen LogP contribution < -0.4 is 16.2 Å². The number of piperidine rings is 1. The van der Waals surface area contributed by atoms with Gasteiger partial charge in [0, 0.05) is 30.7 Å². The third-order valence-electron chi connectivity index (χ3n) is 3.51. The zero-order chi connectivity index (χ0) is 17.0. The number of urea groups is 1. The molecular formula is C15H23N5O3. The molecule has 0 aromatic carbocycles. The molecule has 3 amide bonds. The highest BCUT2D eigenvalue weighted by molar-refractivity contribution is 5.92. The molecule has 8 heteroatoms. The molecule has 3 N–H and O–H groups in total. The molecule has 23 heavy (non-hydrogen) atoms. The van der Waals surface area contributed by atoms with Gasteiger partial charge in [0.2, 0.25) is 0 Å². The molecule has 0 unspecified atom stereocenters. The summed E-state index contributed by atoms with van der Waals surface area (Å²) in [4.78, 5) is 36.8. The Balaban J connectivity index is 1.82. The zero-order valence-electron chi connectivity index (χ0n) is 13.7. The fraction of sp³-hybridized carbons (Fsp3) is 0.600. The van der Waals surface area contributed by atoms with Crippen LogP contribution in [0, 0.1) is 0 Å². The topological polar surface area (TPSA) is 107 Å².